The van der Waals surface area contributed by atoms with Gasteiger partial charge in [0.25, 0.3) is 5.56 Å². The Labute approximate surface area is 193 Å². The maximum atomic E-state index is 13.1. The first-order valence-electron chi connectivity index (χ1n) is 11.3. The molecule has 2 aliphatic rings. The van der Waals surface area contributed by atoms with Crippen molar-refractivity contribution in [3.05, 3.63) is 86.8 Å². The van der Waals surface area contributed by atoms with Gasteiger partial charge in [-0.2, -0.15) is 5.10 Å². The van der Waals surface area contributed by atoms with E-state index in [-0.39, 0.29) is 11.6 Å². The summed E-state index contributed by atoms with van der Waals surface area (Å²) in [6.07, 6.45) is 4.70. The Balaban J connectivity index is 1.46. The maximum Gasteiger partial charge on any atom is 0.281 e. The van der Waals surface area contributed by atoms with Crippen molar-refractivity contribution in [3.8, 4) is 11.5 Å². The van der Waals surface area contributed by atoms with Gasteiger partial charge in [-0.1, -0.05) is 35.9 Å². The van der Waals surface area contributed by atoms with Crippen molar-refractivity contribution in [1.29, 1.82) is 0 Å². The molecule has 7 nitrogen and oxygen atoms in total. The van der Waals surface area contributed by atoms with Crippen molar-refractivity contribution < 1.29 is 9.57 Å². The lowest BCUT2D eigenvalue weighted by Gasteiger charge is -2.23. The van der Waals surface area contributed by atoms with E-state index in [0.717, 1.165) is 6.42 Å². The first kappa shape index (κ1) is 21.4. The predicted octanol–water partition coefficient (Wildman–Crippen LogP) is 3.96. The second-order valence-corrected chi connectivity index (χ2v) is 8.94. The molecule has 0 amide bonds. The number of hydrogen-bond acceptors (Lipinski definition) is 6. The number of amidine groups is 1. The predicted molar refractivity (Wildman–Crippen MR) is 127 cm³/mol. The molecule has 3 aromatic rings. The number of rotatable bonds is 6. The van der Waals surface area contributed by atoms with Gasteiger partial charge in [0.15, 0.2) is 11.6 Å². The number of nitrogens with zero attached hydrogens (tertiary/aromatic N) is 3. The van der Waals surface area contributed by atoms with E-state index in [1.165, 1.54) is 39.8 Å². The van der Waals surface area contributed by atoms with Crippen LogP contribution in [0.5, 0.6) is 11.5 Å². The zero-order chi connectivity index (χ0) is 22.9. The van der Waals surface area contributed by atoms with E-state index in [4.69, 9.17) is 14.6 Å². The maximum absolute atomic E-state index is 13.1. The van der Waals surface area contributed by atoms with Crippen LogP contribution < -0.4 is 15.8 Å². The molecular weight excluding hydrogens is 416 g/mol. The SMILES string of the molecule is Cc1ccc(C[C@@H]2CONC(c3c(Oc4cccc(C5CC5)c4)cnn(C)c3=O)=N2)c(C)c1. The highest BCUT2D eigenvalue weighted by molar-refractivity contribution is 6.00. The molecule has 170 valence electrons. The fourth-order valence-electron chi connectivity index (χ4n) is 4.20. The third-order valence-electron chi connectivity index (χ3n) is 6.18. The summed E-state index contributed by atoms with van der Waals surface area (Å²) in [5, 5.41) is 4.16. The van der Waals surface area contributed by atoms with E-state index in [1.54, 1.807) is 13.2 Å². The van der Waals surface area contributed by atoms with Gasteiger partial charge in [-0.15, -0.1) is 0 Å². The summed E-state index contributed by atoms with van der Waals surface area (Å²) in [7, 11) is 1.61. The van der Waals surface area contributed by atoms with Gasteiger partial charge in [-0.25, -0.2) is 10.2 Å². The Morgan fingerprint density at radius 3 is 2.82 bits per heavy atom. The van der Waals surface area contributed by atoms with Crippen molar-refractivity contribution in [2.75, 3.05) is 6.61 Å². The molecule has 7 heteroatoms. The van der Waals surface area contributed by atoms with Gasteiger partial charge in [0, 0.05) is 7.05 Å². The molecule has 1 saturated carbocycles. The fraction of sp³-hybridized carbons (Fsp3) is 0.346. The lowest BCUT2D eigenvalue weighted by atomic mass is 9.99. The monoisotopic (exact) mass is 444 g/mol. The first-order valence-corrected chi connectivity index (χ1v) is 11.3. The highest BCUT2D eigenvalue weighted by Crippen LogP contribution is 2.41. The number of hydroxylamine groups is 1. The van der Waals surface area contributed by atoms with Crippen LogP contribution >= 0.6 is 0 Å². The Kier molecular flexibility index (Phi) is 5.72. The van der Waals surface area contributed by atoms with Crippen molar-refractivity contribution >= 4 is 5.84 Å². The van der Waals surface area contributed by atoms with Crippen LogP contribution in [0.25, 0.3) is 0 Å². The number of aromatic nitrogens is 2. The summed E-state index contributed by atoms with van der Waals surface area (Å²) in [6, 6.07) is 14.3. The van der Waals surface area contributed by atoms with E-state index in [2.05, 4.69) is 48.7 Å². The standard InChI is InChI=1S/C26H28N4O3/c1-16-7-8-19(17(2)11-16)12-21-15-32-29-25(28-21)24-23(14-27-30(3)26(24)31)33-22-6-4-5-20(13-22)18-9-10-18/h4-8,11,13-14,18,21H,9-10,12,15H2,1-3H3,(H,28,29)/t21-/m1/s1. The lowest BCUT2D eigenvalue weighted by Crippen LogP contribution is -2.40. The lowest BCUT2D eigenvalue weighted by molar-refractivity contribution is 0.0622. The van der Waals surface area contributed by atoms with Crippen LogP contribution in [0.15, 0.2) is 58.4 Å². The van der Waals surface area contributed by atoms with Crippen LogP contribution in [0.3, 0.4) is 0 Å². The van der Waals surface area contributed by atoms with E-state index in [9.17, 15) is 4.79 Å². The molecule has 1 atom stereocenters. The zero-order valence-electron chi connectivity index (χ0n) is 19.2. The van der Waals surface area contributed by atoms with E-state index in [0.29, 0.717) is 35.4 Å². The summed E-state index contributed by atoms with van der Waals surface area (Å²) in [4.78, 5) is 23.5. The van der Waals surface area contributed by atoms with Gasteiger partial charge < -0.3 is 4.74 Å². The molecule has 33 heavy (non-hydrogen) atoms. The van der Waals surface area contributed by atoms with Gasteiger partial charge in [-0.3, -0.25) is 14.6 Å². The molecule has 2 aromatic carbocycles. The minimum Gasteiger partial charge on any atom is -0.455 e. The number of hydrogen-bond donors (Lipinski definition) is 1. The molecule has 1 aliphatic heterocycles. The van der Waals surface area contributed by atoms with Gasteiger partial charge in [0.1, 0.15) is 11.3 Å². The smallest absolute Gasteiger partial charge is 0.281 e. The number of nitrogens with one attached hydrogen (secondary N) is 1. The summed E-state index contributed by atoms with van der Waals surface area (Å²) in [5.41, 5.74) is 7.79. The topological polar surface area (TPSA) is 77.7 Å². The highest BCUT2D eigenvalue weighted by Gasteiger charge is 2.26. The van der Waals surface area contributed by atoms with Crippen molar-refractivity contribution in [2.24, 2.45) is 12.0 Å². The number of aryl methyl sites for hydroxylation is 3. The van der Waals surface area contributed by atoms with Crippen molar-refractivity contribution in [2.45, 2.75) is 45.1 Å². The van der Waals surface area contributed by atoms with Crippen LogP contribution in [0.2, 0.25) is 0 Å². The van der Waals surface area contributed by atoms with Gasteiger partial charge in [-0.05, 0) is 67.9 Å². The Morgan fingerprint density at radius 2 is 2.03 bits per heavy atom. The minimum absolute atomic E-state index is 0.119. The van der Waals surface area contributed by atoms with Crippen LogP contribution in [-0.4, -0.2) is 28.3 Å². The molecule has 0 unspecified atom stereocenters. The number of ether oxygens (including phenoxy) is 1. The Hall–Kier alpha value is -3.45. The van der Waals surface area contributed by atoms with Crippen LogP contribution in [-0.2, 0) is 18.3 Å². The highest BCUT2D eigenvalue weighted by atomic mass is 16.6. The van der Waals surface area contributed by atoms with E-state index in [1.807, 2.05) is 18.2 Å². The molecule has 0 radical (unpaired) electrons. The average molecular weight is 445 g/mol. The normalized spacial score (nSPS) is 17.9. The van der Waals surface area contributed by atoms with Crippen molar-refractivity contribution in [1.82, 2.24) is 15.3 Å². The second kappa shape index (κ2) is 8.83. The van der Waals surface area contributed by atoms with Crippen LogP contribution in [0.4, 0.5) is 0 Å². The number of benzene rings is 2. The molecule has 0 spiro atoms. The van der Waals surface area contributed by atoms with E-state index < -0.39 is 0 Å². The van der Waals surface area contributed by atoms with Crippen LogP contribution in [0, 0.1) is 13.8 Å². The molecule has 1 aliphatic carbocycles. The molecule has 1 fully saturated rings. The van der Waals surface area contributed by atoms with Crippen LogP contribution in [0.1, 0.15) is 46.6 Å². The molecule has 0 bridgehead atoms. The third kappa shape index (κ3) is 4.68. The zero-order valence-corrected chi connectivity index (χ0v) is 19.2. The summed E-state index contributed by atoms with van der Waals surface area (Å²) < 4.78 is 7.43. The second-order valence-electron chi connectivity index (χ2n) is 8.94. The molecule has 2 heterocycles. The minimum atomic E-state index is -0.298. The van der Waals surface area contributed by atoms with Crippen molar-refractivity contribution in [3.63, 3.8) is 0 Å². The van der Waals surface area contributed by atoms with Gasteiger partial charge in [0.05, 0.1) is 18.8 Å². The summed E-state index contributed by atoms with van der Waals surface area (Å²) in [5.74, 6) is 2.01. The molecule has 0 saturated heterocycles. The quantitative estimate of drug-likeness (QED) is 0.623. The summed E-state index contributed by atoms with van der Waals surface area (Å²) >= 11 is 0. The Morgan fingerprint density at radius 1 is 1.18 bits per heavy atom. The van der Waals surface area contributed by atoms with E-state index >= 15 is 0 Å². The molecule has 5 rings (SSSR count). The third-order valence-corrected chi connectivity index (χ3v) is 6.18. The largest absolute Gasteiger partial charge is 0.455 e. The first-order chi connectivity index (χ1) is 16.0. The summed E-state index contributed by atoms with van der Waals surface area (Å²) in [6.45, 7) is 4.61. The molecule has 1 N–H and O–H groups in total. The van der Waals surface area contributed by atoms with Gasteiger partial charge >= 0.3 is 0 Å². The number of aliphatic imine (C=N–C) groups is 1. The average Bonchev–Trinajstić information content (AvgIpc) is 3.65. The molecule has 1 aromatic heterocycles. The molecular formula is C26H28N4O3. The van der Waals surface area contributed by atoms with Gasteiger partial charge in [0.2, 0.25) is 0 Å². The Bertz CT molecular complexity index is 1280. The fourth-order valence-corrected chi connectivity index (χ4v) is 4.20.